The lowest BCUT2D eigenvalue weighted by Crippen LogP contribution is -2.53. The van der Waals surface area contributed by atoms with Gasteiger partial charge in [0.1, 0.15) is 0 Å². The number of rotatable bonds is 4. The van der Waals surface area contributed by atoms with Crippen LogP contribution in [0, 0.1) is 52.3 Å². The lowest BCUT2D eigenvalue weighted by Gasteiger charge is -2.60. The van der Waals surface area contributed by atoms with Gasteiger partial charge in [-0.3, -0.25) is 0 Å². The van der Waals surface area contributed by atoms with E-state index in [1.54, 1.807) is 0 Å². The van der Waals surface area contributed by atoms with E-state index in [-0.39, 0.29) is 5.79 Å². The van der Waals surface area contributed by atoms with Gasteiger partial charge >= 0.3 is 0 Å². The predicted octanol–water partition coefficient (Wildman–Crippen LogP) is 7.46. The zero-order chi connectivity index (χ0) is 21.3. The summed E-state index contributed by atoms with van der Waals surface area (Å²) in [6.45, 7) is 12.5. The van der Waals surface area contributed by atoms with E-state index in [1.807, 2.05) is 7.11 Å². The second-order valence-electron chi connectivity index (χ2n) is 13.1. The van der Waals surface area contributed by atoms with E-state index in [1.165, 1.54) is 64.2 Å². The van der Waals surface area contributed by atoms with Gasteiger partial charge in [0.2, 0.25) is 0 Å². The van der Waals surface area contributed by atoms with E-state index in [2.05, 4.69) is 34.6 Å². The fourth-order valence-electron chi connectivity index (χ4n) is 10.1. The molecule has 0 spiro atoms. The molecule has 0 aromatic heterocycles. The zero-order valence-corrected chi connectivity index (χ0v) is 20.7. The van der Waals surface area contributed by atoms with Gasteiger partial charge in [0.15, 0.2) is 5.79 Å². The average molecular weight is 417 g/mol. The minimum Gasteiger partial charge on any atom is -0.353 e. The van der Waals surface area contributed by atoms with Crippen LogP contribution in [0.3, 0.4) is 0 Å². The third-order valence-electron chi connectivity index (χ3n) is 11.7. The van der Waals surface area contributed by atoms with Crippen molar-refractivity contribution in [3.05, 3.63) is 0 Å². The van der Waals surface area contributed by atoms with Gasteiger partial charge in [-0.25, -0.2) is 0 Å². The van der Waals surface area contributed by atoms with Gasteiger partial charge in [-0.2, -0.15) is 0 Å². The third-order valence-corrected chi connectivity index (χ3v) is 11.7. The summed E-state index contributed by atoms with van der Waals surface area (Å²) in [4.78, 5) is 0. The summed E-state index contributed by atoms with van der Waals surface area (Å²) < 4.78 is 13.1. The molecule has 5 aliphatic rings. The molecule has 0 N–H and O–H groups in total. The van der Waals surface area contributed by atoms with E-state index in [0.29, 0.717) is 34.7 Å². The Balaban J connectivity index is 1.39. The number of ether oxygens (including phenoxy) is 2. The summed E-state index contributed by atoms with van der Waals surface area (Å²) >= 11 is 0. The first-order valence-corrected chi connectivity index (χ1v) is 13.5. The van der Waals surface area contributed by atoms with Crippen molar-refractivity contribution in [2.75, 3.05) is 7.11 Å². The summed E-state index contributed by atoms with van der Waals surface area (Å²) in [7, 11) is 1.90. The van der Waals surface area contributed by atoms with E-state index in [0.717, 1.165) is 30.1 Å². The standard InChI is InChI=1S/C28H48O2/c1-18(2)12-16-28(29-6)19(3)25-24(30-28)17-23-21-11-10-20-9-7-8-14-26(20,4)22(21)13-15-27(23,25)5/h18-25H,7-17H2,1-6H3/t19-,20?,21+,22-,23-,24-,25-,26-,27-,28?/m0/s1. The van der Waals surface area contributed by atoms with E-state index < -0.39 is 0 Å². The smallest absolute Gasteiger partial charge is 0.171 e. The van der Waals surface area contributed by atoms with Gasteiger partial charge < -0.3 is 9.47 Å². The molecule has 10 atom stereocenters. The van der Waals surface area contributed by atoms with Crippen LogP contribution in [0.2, 0.25) is 0 Å². The molecule has 1 heterocycles. The molecule has 1 aliphatic heterocycles. The first kappa shape index (κ1) is 21.7. The summed E-state index contributed by atoms with van der Waals surface area (Å²) in [5.41, 5.74) is 1.10. The van der Waals surface area contributed by atoms with Gasteiger partial charge in [0, 0.05) is 19.4 Å². The molecular weight excluding hydrogens is 368 g/mol. The molecule has 5 rings (SSSR count). The van der Waals surface area contributed by atoms with Crippen LogP contribution in [0.5, 0.6) is 0 Å². The molecule has 2 nitrogen and oxygen atoms in total. The number of methoxy groups -OCH3 is 1. The molecule has 4 saturated carbocycles. The Bertz CT molecular complexity index is 645. The highest BCUT2D eigenvalue weighted by Crippen LogP contribution is 2.71. The molecule has 2 unspecified atom stereocenters. The molecule has 2 heteroatoms. The van der Waals surface area contributed by atoms with Crippen molar-refractivity contribution in [2.45, 2.75) is 117 Å². The van der Waals surface area contributed by atoms with Crippen molar-refractivity contribution in [2.24, 2.45) is 52.3 Å². The molecular formula is C28H48O2. The monoisotopic (exact) mass is 416 g/mol. The number of hydrogen-bond donors (Lipinski definition) is 0. The Labute approximate surface area is 186 Å². The van der Waals surface area contributed by atoms with Gasteiger partial charge in [-0.15, -0.1) is 0 Å². The summed E-state index contributed by atoms with van der Waals surface area (Å²) in [5.74, 6) is 5.41. The molecule has 1 saturated heterocycles. The molecule has 0 aromatic rings. The Morgan fingerprint density at radius 3 is 2.50 bits per heavy atom. The van der Waals surface area contributed by atoms with Crippen LogP contribution in [-0.2, 0) is 9.47 Å². The largest absolute Gasteiger partial charge is 0.353 e. The maximum atomic E-state index is 6.93. The second kappa shape index (κ2) is 7.47. The van der Waals surface area contributed by atoms with Crippen molar-refractivity contribution in [3.63, 3.8) is 0 Å². The molecule has 172 valence electrons. The van der Waals surface area contributed by atoms with Crippen LogP contribution in [0.25, 0.3) is 0 Å². The fraction of sp³-hybridized carbons (Fsp3) is 1.00. The molecule has 30 heavy (non-hydrogen) atoms. The summed E-state index contributed by atoms with van der Waals surface area (Å²) in [6, 6.07) is 0. The summed E-state index contributed by atoms with van der Waals surface area (Å²) in [6.07, 6.45) is 15.9. The quantitative estimate of drug-likeness (QED) is 0.473. The first-order chi connectivity index (χ1) is 14.2. The molecule has 0 aromatic carbocycles. The zero-order valence-electron chi connectivity index (χ0n) is 20.7. The van der Waals surface area contributed by atoms with Crippen molar-refractivity contribution in [3.8, 4) is 0 Å². The number of hydrogen-bond acceptors (Lipinski definition) is 2. The van der Waals surface area contributed by atoms with Crippen molar-refractivity contribution >= 4 is 0 Å². The minimum atomic E-state index is -0.336. The SMILES string of the molecule is COC1(CCC(C)C)O[C@H]2C[C@H]3[C@@H]4CCC5CCCC[C@]5(C)[C@H]4CC[C@]3(C)[C@H]2[C@@H]1C. The van der Waals surface area contributed by atoms with Crippen LogP contribution >= 0.6 is 0 Å². The molecule has 5 fully saturated rings. The maximum Gasteiger partial charge on any atom is 0.171 e. The Kier molecular flexibility index (Phi) is 5.42. The highest BCUT2D eigenvalue weighted by molar-refractivity contribution is 5.14. The van der Waals surface area contributed by atoms with Crippen molar-refractivity contribution < 1.29 is 9.47 Å². The van der Waals surface area contributed by atoms with E-state index in [9.17, 15) is 0 Å². The lowest BCUT2D eigenvalue weighted by atomic mass is 9.44. The topological polar surface area (TPSA) is 18.5 Å². The van der Waals surface area contributed by atoms with Crippen LogP contribution in [0.15, 0.2) is 0 Å². The minimum absolute atomic E-state index is 0.336. The van der Waals surface area contributed by atoms with Crippen molar-refractivity contribution in [1.82, 2.24) is 0 Å². The lowest BCUT2D eigenvalue weighted by molar-refractivity contribution is -0.239. The van der Waals surface area contributed by atoms with Crippen molar-refractivity contribution in [1.29, 1.82) is 0 Å². The highest BCUT2D eigenvalue weighted by Gasteiger charge is 2.68. The highest BCUT2D eigenvalue weighted by atomic mass is 16.7. The molecule has 4 aliphatic carbocycles. The third kappa shape index (κ3) is 2.94. The first-order valence-electron chi connectivity index (χ1n) is 13.5. The number of fused-ring (bicyclic) bond motifs is 7. The van der Waals surface area contributed by atoms with E-state index >= 15 is 0 Å². The van der Waals surface area contributed by atoms with Gasteiger partial charge in [-0.1, -0.05) is 47.5 Å². The van der Waals surface area contributed by atoms with Crippen LogP contribution in [0.4, 0.5) is 0 Å². The fourth-order valence-corrected chi connectivity index (χ4v) is 10.1. The van der Waals surface area contributed by atoms with Crippen LogP contribution in [-0.4, -0.2) is 19.0 Å². The van der Waals surface area contributed by atoms with Gasteiger partial charge in [0.05, 0.1) is 6.10 Å². The Morgan fingerprint density at radius 2 is 1.77 bits per heavy atom. The second-order valence-corrected chi connectivity index (χ2v) is 13.1. The molecule has 0 bridgehead atoms. The maximum absolute atomic E-state index is 6.93. The van der Waals surface area contributed by atoms with E-state index in [4.69, 9.17) is 9.47 Å². The summed E-state index contributed by atoms with van der Waals surface area (Å²) in [5, 5.41) is 0. The molecule has 0 radical (unpaired) electrons. The molecule has 0 amide bonds. The van der Waals surface area contributed by atoms with Gasteiger partial charge in [-0.05, 0) is 97.7 Å². The normalized spacial score (nSPS) is 55.1. The van der Waals surface area contributed by atoms with Crippen LogP contribution in [0.1, 0.15) is 105 Å². The van der Waals surface area contributed by atoms with Gasteiger partial charge in [0.25, 0.3) is 0 Å². The Morgan fingerprint density at radius 1 is 0.967 bits per heavy atom. The Hall–Kier alpha value is -0.0800. The van der Waals surface area contributed by atoms with Crippen LogP contribution < -0.4 is 0 Å². The average Bonchev–Trinajstić information content (AvgIpc) is 3.17. The predicted molar refractivity (Wildman–Crippen MR) is 123 cm³/mol.